The van der Waals surface area contributed by atoms with Gasteiger partial charge in [-0.1, -0.05) is 65.8 Å². The maximum Gasteiger partial charge on any atom is 0.294 e. The van der Waals surface area contributed by atoms with E-state index >= 15 is 0 Å². The van der Waals surface area contributed by atoms with Crippen molar-refractivity contribution in [3.05, 3.63) is 86.8 Å². The van der Waals surface area contributed by atoms with Crippen molar-refractivity contribution in [3.8, 4) is 0 Å². The predicted octanol–water partition coefficient (Wildman–Crippen LogP) is 2.89. The van der Waals surface area contributed by atoms with Crippen LogP contribution in [0.25, 0.3) is 0 Å². The molecule has 3 aromatic rings. The Hall–Kier alpha value is -2.31. The van der Waals surface area contributed by atoms with Crippen molar-refractivity contribution in [2.45, 2.75) is 17.3 Å². The van der Waals surface area contributed by atoms with Crippen LogP contribution in [-0.2, 0) is 12.2 Å². The zero-order valence-electron chi connectivity index (χ0n) is 12.7. The number of rotatable bonds is 5. The molecule has 24 heavy (non-hydrogen) atoms. The van der Waals surface area contributed by atoms with Gasteiger partial charge in [0.05, 0.1) is 0 Å². The van der Waals surface area contributed by atoms with E-state index in [1.165, 1.54) is 11.8 Å². The van der Waals surface area contributed by atoms with Gasteiger partial charge in [-0.15, -0.1) is 10.2 Å². The van der Waals surface area contributed by atoms with Crippen LogP contribution in [0.3, 0.4) is 0 Å². The van der Waals surface area contributed by atoms with Gasteiger partial charge in [0.1, 0.15) is 5.69 Å². The van der Waals surface area contributed by atoms with E-state index in [-0.39, 0.29) is 5.56 Å². The van der Waals surface area contributed by atoms with E-state index in [0.717, 1.165) is 15.8 Å². The van der Waals surface area contributed by atoms with Crippen molar-refractivity contribution in [1.82, 2.24) is 14.9 Å². The summed E-state index contributed by atoms with van der Waals surface area (Å²) < 4.78 is 1.06. The fourth-order valence-electron chi connectivity index (χ4n) is 2.19. The van der Waals surface area contributed by atoms with E-state index in [0.29, 0.717) is 28.0 Å². The quantitative estimate of drug-likeness (QED) is 0.560. The zero-order valence-corrected chi connectivity index (χ0v) is 14.3. The zero-order chi connectivity index (χ0) is 16.9. The lowest BCUT2D eigenvalue weighted by Gasteiger charge is -2.08. The molecular formula is C17H15ClN4OS. The van der Waals surface area contributed by atoms with E-state index in [1.54, 1.807) is 0 Å². The molecule has 0 aliphatic heterocycles. The van der Waals surface area contributed by atoms with Gasteiger partial charge in [-0.05, 0) is 23.3 Å². The molecule has 1 aromatic heterocycles. The van der Waals surface area contributed by atoms with Crippen molar-refractivity contribution >= 4 is 23.4 Å². The first kappa shape index (κ1) is 16.5. The van der Waals surface area contributed by atoms with Crippen LogP contribution in [0.5, 0.6) is 0 Å². The number of benzene rings is 2. The molecule has 0 saturated heterocycles. The predicted molar refractivity (Wildman–Crippen MR) is 96.7 cm³/mol. The Morgan fingerprint density at radius 1 is 1.04 bits per heavy atom. The maximum atomic E-state index is 12.4. The molecule has 1 heterocycles. The number of halogens is 1. The molecule has 0 radical (unpaired) electrons. The molecule has 0 saturated carbocycles. The minimum Gasteiger partial charge on any atom is -0.334 e. The van der Waals surface area contributed by atoms with Crippen molar-refractivity contribution in [2.24, 2.45) is 0 Å². The first-order valence-electron chi connectivity index (χ1n) is 7.28. The first-order valence-corrected chi connectivity index (χ1v) is 8.64. The molecule has 2 aromatic carbocycles. The lowest BCUT2D eigenvalue weighted by molar-refractivity contribution is 0.672. The van der Waals surface area contributed by atoms with Gasteiger partial charge in [-0.3, -0.25) is 4.79 Å². The highest BCUT2D eigenvalue weighted by Gasteiger charge is 2.11. The van der Waals surface area contributed by atoms with Crippen LogP contribution < -0.4 is 11.4 Å². The molecule has 5 nitrogen and oxygen atoms in total. The number of hydrogen-bond donors (Lipinski definition) is 1. The smallest absolute Gasteiger partial charge is 0.294 e. The first-order chi connectivity index (χ1) is 11.6. The standard InChI is InChI=1S/C17H15ClN4OS/c18-14-8-4-7-13(9-14)11-24-17-21-20-15(16(23)22(17)19)10-12-5-2-1-3-6-12/h1-9H,10-11,19H2. The molecule has 0 amide bonds. The molecule has 2 N–H and O–H groups in total. The summed E-state index contributed by atoms with van der Waals surface area (Å²) in [6.07, 6.45) is 0.406. The number of nitrogens with two attached hydrogens (primary N) is 1. The summed E-state index contributed by atoms with van der Waals surface area (Å²) >= 11 is 7.31. The third-order valence-corrected chi connectivity index (χ3v) is 4.65. The number of thioether (sulfide) groups is 1. The normalized spacial score (nSPS) is 10.7. The molecule has 0 bridgehead atoms. The van der Waals surface area contributed by atoms with Gasteiger partial charge >= 0.3 is 0 Å². The largest absolute Gasteiger partial charge is 0.334 e. The van der Waals surface area contributed by atoms with Gasteiger partial charge in [0.25, 0.3) is 5.56 Å². The summed E-state index contributed by atoms with van der Waals surface area (Å²) in [5.41, 5.74) is 2.01. The van der Waals surface area contributed by atoms with Crippen molar-refractivity contribution < 1.29 is 0 Å². The van der Waals surface area contributed by atoms with Gasteiger partial charge < -0.3 is 5.84 Å². The Morgan fingerprint density at radius 2 is 1.79 bits per heavy atom. The van der Waals surface area contributed by atoms with Crippen LogP contribution in [-0.4, -0.2) is 14.9 Å². The Labute approximate surface area is 148 Å². The molecule has 0 aliphatic carbocycles. The summed E-state index contributed by atoms with van der Waals surface area (Å²) in [6.45, 7) is 0. The lowest BCUT2D eigenvalue weighted by atomic mass is 10.1. The summed E-state index contributed by atoms with van der Waals surface area (Å²) in [6, 6.07) is 17.1. The highest BCUT2D eigenvalue weighted by atomic mass is 35.5. The third-order valence-electron chi connectivity index (χ3n) is 3.40. The van der Waals surface area contributed by atoms with E-state index < -0.39 is 0 Å². The maximum absolute atomic E-state index is 12.4. The van der Waals surface area contributed by atoms with E-state index in [1.807, 2.05) is 54.6 Å². The average molecular weight is 359 g/mol. The number of nitrogen functional groups attached to an aromatic ring is 1. The van der Waals surface area contributed by atoms with Gasteiger partial charge in [0, 0.05) is 17.2 Å². The fraction of sp³-hybridized carbons (Fsp3) is 0.118. The monoisotopic (exact) mass is 358 g/mol. The van der Waals surface area contributed by atoms with Gasteiger partial charge in [-0.25, -0.2) is 0 Å². The van der Waals surface area contributed by atoms with Crippen LogP contribution in [0.2, 0.25) is 5.02 Å². The minimum atomic E-state index is -0.331. The molecule has 0 aliphatic rings. The van der Waals surface area contributed by atoms with E-state index in [4.69, 9.17) is 17.4 Å². The SMILES string of the molecule is Nn1c(SCc2cccc(Cl)c2)nnc(Cc2ccccc2)c1=O. The molecule has 3 rings (SSSR count). The summed E-state index contributed by atoms with van der Waals surface area (Å²) in [5.74, 6) is 6.49. The molecule has 0 unspecified atom stereocenters. The molecule has 7 heteroatoms. The Bertz CT molecular complexity index is 899. The number of hydrogen-bond acceptors (Lipinski definition) is 5. The summed E-state index contributed by atoms with van der Waals surface area (Å²) in [5, 5.41) is 9.19. The van der Waals surface area contributed by atoms with Crippen molar-refractivity contribution in [3.63, 3.8) is 0 Å². The molecular weight excluding hydrogens is 344 g/mol. The molecule has 0 atom stereocenters. The second kappa shape index (κ2) is 7.51. The second-order valence-electron chi connectivity index (χ2n) is 5.19. The third kappa shape index (κ3) is 3.96. The van der Waals surface area contributed by atoms with Crippen LogP contribution in [0.15, 0.2) is 64.5 Å². The Morgan fingerprint density at radius 3 is 2.54 bits per heavy atom. The van der Waals surface area contributed by atoms with Gasteiger partial charge in [0.2, 0.25) is 5.16 Å². The number of nitrogens with zero attached hydrogens (tertiary/aromatic N) is 3. The highest BCUT2D eigenvalue weighted by molar-refractivity contribution is 7.98. The Kier molecular flexibility index (Phi) is 5.17. The van der Waals surface area contributed by atoms with Crippen LogP contribution in [0, 0.1) is 0 Å². The van der Waals surface area contributed by atoms with Crippen LogP contribution in [0.1, 0.15) is 16.8 Å². The minimum absolute atomic E-state index is 0.329. The lowest BCUT2D eigenvalue weighted by Crippen LogP contribution is -2.33. The van der Waals surface area contributed by atoms with Crippen molar-refractivity contribution in [1.29, 1.82) is 0 Å². The summed E-state index contributed by atoms with van der Waals surface area (Å²) in [4.78, 5) is 12.4. The topological polar surface area (TPSA) is 73.8 Å². The number of aromatic nitrogens is 3. The molecule has 122 valence electrons. The Balaban J connectivity index is 1.76. The fourth-order valence-corrected chi connectivity index (χ4v) is 3.20. The van der Waals surface area contributed by atoms with E-state index in [9.17, 15) is 4.79 Å². The molecule has 0 fully saturated rings. The van der Waals surface area contributed by atoms with Crippen molar-refractivity contribution in [2.75, 3.05) is 5.84 Å². The van der Waals surface area contributed by atoms with Crippen LogP contribution in [0.4, 0.5) is 0 Å². The second-order valence-corrected chi connectivity index (χ2v) is 6.56. The van der Waals surface area contributed by atoms with Gasteiger partial charge in [0.15, 0.2) is 0 Å². The molecule has 0 spiro atoms. The van der Waals surface area contributed by atoms with E-state index in [2.05, 4.69) is 10.2 Å². The average Bonchev–Trinajstić information content (AvgIpc) is 2.59. The highest BCUT2D eigenvalue weighted by Crippen LogP contribution is 2.20. The summed E-state index contributed by atoms with van der Waals surface area (Å²) in [7, 11) is 0. The van der Waals surface area contributed by atoms with Crippen LogP contribution >= 0.6 is 23.4 Å². The van der Waals surface area contributed by atoms with Gasteiger partial charge in [-0.2, -0.15) is 4.68 Å².